The van der Waals surface area contributed by atoms with Gasteiger partial charge in [0.25, 0.3) is 0 Å². The smallest absolute Gasteiger partial charge is 0.137 e. The SMILES string of the molecule is C=C(NCC(C)CN1CCc2ccccc2C1)c1cn2cc(-c3nc(C)c(C)s3)ccc2n1. The monoisotopic (exact) mass is 457 g/mol. The summed E-state index contributed by atoms with van der Waals surface area (Å²) >= 11 is 1.73. The number of hydrogen-bond donors (Lipinski definition) is 1. The molecule has 0 saturated heterocycles. The molecular weight excluding hydrogens is 426 g/mol. The summed E-state index contributed by atoms with van der Waals surface area (Å²) in [7, 11) is 0. The molecule has 0 bridgehead atoms. The summed E-state index contributed by atoms with van der Waals surface area (Å²) in [6.45, 7) is 14.9. The van der Waals surface area contributed by atoms with Gasteiger partial charge in [-0.3, -0.25) is 4.90 Å². The fourth-order valence-corrected chi connectivity index (χ4v) is 5.37. The fourth-order valence-electron chi connectivity index (χ4n) is 4.46. The Morgan fingerprint density at radius 1 is 1.12 bits per heavy atom. The maximum Gasteiger partial charge on any atom is 0.137 e. The second-order valence-corrected chi connectivity index (χ2v) is 10.4. The molecular formula is C27H31N5S. The lowest BCUT2D eigenvalue weighted by molar-refractivity contribution is 0.220. The lowest BCUT2D eigenvalue weighted by Crippen LogP contribution is -2.36. The summed E-state index contributed by atoms with van der Waals surface area (Å²) < 4.78 is 2.07. The van der Waals surface area contributed by atoms with E-state index in [1.54, 1.807) is 11.3 Å². The standard InChI is InChI=1S/C27H31N5S/c1-18(14-31-12-11-22-7-5-6-8-23(22)15-31)13-28-20(3)25-17-32-16-24(9-10-26(32)30-25)27-29-19(2)21(4)33-27/h5-10,16-18,28H,3,11-15H2,1-2,4H3. The maximum atomic E-state index is 4.76. The molecule has 170 valence electrons. The molecule has 0 fully saturated rings. The summed E-state index contributed by atoms with van der Waals surface area (Å²) in [5.41, 5.74) is 7.87. The van der Waals surface area contributed by atoms with Crippen molar-refractivity contribution in [2.75, 3.05) is 19.6 Å². The van der Waals surface area contributed by atoms with Crippen molar-refractivity contribution < 1.29 is 0 Å². The van der Waals surface area contributed by atoms with Gasteiger partial charge in [-0.05, 0) is 49.4 Å². The molecule has 33 heavy (non-hydrogen) atoms. The van der Waals surface area contributed by atoms with E-state index in [0.29, 0.717) is 5.92 Å². The molecule has 0 radical (unpaired) electrons. The fraction of sp³-hybridized carbons (Fsp3) is 0.333. The number of benzene rings is 1. The highest BCUT2D eigenvalue weighted by molar-refractivity contribution is 7.15. The van der Waals surface area contributed by atoms with Crippen LogP contribution in [-0.2, 0) is 13.0 Å². The Labute approximate surface area is 199 Å². The van der Waals surface area contributed by atoms with E-state index in [0.717, 1.165) is 65.9 Å². The molecule has 0 spiro atoms. The number of nitrogens with zero attached hydrogens (tertiary/aromatic N) is 4. The number of pyridine rings is 1. The summed E-state index contributed by atoms with van der Waals surface area (Å²) in [4.78, 5) is 13.3. The summed E-state index contributed by atoms with van der Waals surface area (Å²) in [5, 5.41) is 4.57. The number of rotatable bonds is 7. The molecule has 1 aromatic carbocycles. The minimum atomic E-state index is 0.520. The quantitative estimate of drug-likeness (QED) is 0.407. The van der Waals surface area contributed by atoms with Gasteiger partial charge in [0.2, 0.25) is 0 Å². The number of thiazole rings is 1. The van der Waals surface area contributed by atoms with Crippen LogP contribution in [0.4, 0.5) is 0 Å². The molecule has 4 heterocycles. The molecule has 0 saturated carbocycles. The van der Waals surface area contributed by atoms with Gasteiger partial charge in [-0.2, -0.15) is 0 Å². The molecule has 1 aliphatic heterocycles. The van der Waals surface area contributed by atoms with Gasteiger partial charge in [-0.15, -0.1) is 11.3 Å². The first-order valence-electron chi connectivity index (χ1n) is 11.6. The first-order chi connectivity index (χ1) is 16.0. The zero-order valence-corrected chi connectivity index (χ0v) is 20.5. The Kier molecular flexibility index (Phi) is 6.04. The van der Waals surface area contributed by atoms with E-state index in [9.17, 15) is 0 Å². The van der Waals surface area contributed by atoms with Crippen molar-refractivity contribution in [3.63, 3.8) is 0 Å². The lowest BCUT2D eigenvalue weighted by atomic mass is 9.99. The predicted octanol–water partition coefficient (Wildman–Crippen LogP) is 5.33. The van der Waals surface area contributed by atoms with Crippen molar-refractivity contribution >= 4 is 22.7 Å². The molecule has 5 rings (SSSR count). The largest absolute Gasteiger partial charge is 0.383 e. The maximum absolute atomic E-state index is 4.76. The van der Waals surface area contributed by atoms with E-state index in [2.05, 4.69) is 89.5 Å². The number of hydrogen-bond acceptors (Lipinski definition) is 5. The molecule has 1 N–H and O–H groups in total. The normalized spacial score (nSPS) is 14.9. The van der Waals surface area contributed by atoms with Gasteiger partial charge in [-0.1, -0.05) is 37.8 Å². The van der Waals surface area contributed by atoms with Crippen LogP contribution in [0, 0.1) is 19.8 Å². The van der Waals surface area contributed by atoms with Crippen LogP contribution in [-0.4, -0.2) is 38.9 Å². The Morgan fingerprint density at radius 3 is 2.73 bits per heavy atom. The first kappa shape index (κ1) is 21.9. The second kappa shape index (κ2) is 9.12. The minimum absolute atomic E-state index is 0.520. The third kappa shape index (κ3) is 4.72. The van der Waals surface area contributed by atoms with Crippen molar-refractivity contribution in [3.05, 3.63) is 82.8 Å². The molecule has 1 unspecified atom stereocenters. The lowest BCUT2D eigenvalue weighted by Gasteiger charge is -2.31. The van der Waals surface area contributed by atoms with E-state index >= 15 is 0 Å². The Morgan fingerprint density at radius 2 is 1.94 bits per heavy atom. The van der Waals surface area contributed by atoms with Crippen molar-refractivity contribution in [2.24, 2.45) is 5.92 Å². The second-order valence-electron chi connectivity index (χ2n) is 9.19. The molecule has 4 aromatic rings. The van der Waals surface area contributed by atoms with Crippen molar-refractivity contribution in [2.45, 2.75) is 33.7 Å². The van der Waals surface area contributed by atoms with E-state index in [1.165, 1.54) is 16.0 Å². The van der Waals surface area contributed by atoms with E-state index in [1.807, 2.05) is 6.20 Å². The first-order valence-corrected chi connectivity index (χ1v) is 12.4. The zero-order chi connectivity index (χ0) is 22.9. The highest BCUT2D eigenvalue weighted by Crippen LogP contribution is 2.28. The third-order valence-corrected chi connectivity index (χ3v) is 7.60. The van der Waals surface area contributed by atoms with Crippen LogP contribution in [0.15, 0.2) is 55.4 Å². The van der Waals surface area contributed by atoms with Gasteiger partial charge in [-0.25, -0.2) is 9.97 Å². The van der Waals surface area contributed by atoms with Gasteiger partial charge >= 0.3 is 0 Å². The number of aryl methyl sites for hydroxylation is 2. The Bertz CT molecular complexity index is 1280. The summed E-state index contributed by atoms with van der Waals surface area (Å²) in [5.74, 6) is 0.520. The van der Waals surface area contributed by atoms with Crippen LogP contribution in [0.2, 0.25) is 0 Å². The third-order valence-electron chi connectivity index (χ3n) is 6.48. The Hall–Kier alpha value is -2.96. The molecule has 1 atom stereocenters. The Balaban J connectivity index is 1.19. The van der Waals surface area contributed by atoms with E-state index in [-0.39, 0.29) is 0 Å². The highest BCUT2D eigenvalue weighted by atomic mass is 32.1. The van der Waals surface area contributed by atoms with Crippen LogP contribution < -0.4 is 5.32 Å². The zero-order valence-electron chi connectivity index (χ0n) is 19.6. The van der Waals surface area contributed by atoms with Gasteiger partial charge in [0, 0.05) is 49.0 Å². The van der Waals surface area contributed by atoms with Gasteiger partial charge in [0.15, 0.2) is 0 Å². The van der Waals surface area contributed by atoms with Gasteiger partial charge < -0.3 is 9.72 Å². The van der Waals surface area contributed by atoms with Crippen LogP contribution in [0.5, 0.6) is 0 Å². The molecule has 6 heteroatoms. The van der Waals surface area contributed by atoms with E-state index < -0.39 is 0 Å². The number of fused-ring (bicyclic) bond motifs is 2. The summed E-state index contributed by atoms with van der Waals surface area (Å²) in [6, 6.07) is 13.0. The minimum Gasteiger partial charge on any atom is -0.383 e. The number of nitrogens with one attached hydrogen (secondary N) is 1. The highest BCUT2D eigenvalue weighted by Gasteiger charge is 2.18. The van der Waals surface area contributed by atoms with Crippen LogP contribution in [0.1, 0.15) is 34.3 Å². The molecule has 1 aliphatic rings. The molecule has 0 amide bonds. The topological polar surface area (TPSA) is 45.5 Å². The van der Waals surface area contributed by atoms with Gasteiger partial charge in [0.05, 0.1) is 11.4 Å². The van der Waals surface area contributed by atoms with Crippen molar-refractivity contribution in [3.8, 4) is 10.6 Å². The van der Waals surface area contributed by atoms with Crippen molar-refractivity contribution in [1.29, 1.82) is 0 Å². The average Bonchev–Trinajstić information content (AvgIpc) is 3.40. The number of aromatic nitrogens is 3. The van der Waals surface area contributed by atoms with Crippen LogP contribution >= 0.6 is 11.3 Å². The van der Waals surface area contributed by atoms with Crippen molar-refractivity contribution in [1.82, 2.24) is 24.6 Å². The van der Waals surface area contributed by atoms with Crippen LogP contribution in [0.3, 0.4) is 0 Å². The predicted molar refractivity (Wildman–Crippen MR) is 137 cm³/mol. The summed E-state index contributed by atoms with van der Waals surface area (Å²) in [6.07, 6.45) is 5.30. The van der Waals surface area contributed by atoms with Gasteiger partial charge in [0.1, 0.15) is 16.3 Å². The number of imidazole rings is 1. The molecule has 0 aliphatic carbocycles. The molecule has 3 aromatic heterocycles. The molecule has 5 nitrogen and oxygen atoms in total. The average molecular weight is 458 g/mol. The van der Waals surface area contributed by atoms with Crippen LogP contribution in [0.25, 0.3) is 21.9 Å². The van der Waals surface area contributed by atoms with E-state index in [4.69, 9.17) is 4.98 Å².